The zero-order chi connectivity index (χ0) is 16.4. The van der Waals surface area contributed by atoms with Gasteiger partial charge in [-0.05, 0) is 25.1 Å². The minimum absolute atomic E-state index is 0.0526. The fourth-order valence-corrected chi connectivity index (χ4v) is 1.91. The summed E-state index contributed by atoms with van der Waals surface area (Å²) in [5, 5.41) is 5.78. The van der Waals surface area contributed by atoms with Gasteiger partial charge < -0.3 is 15.5 Å². The standard InChI is InChI=1S/C17H23N3O2/c1-4-10-20(11-5-2)16(21)13-19-15-9-7-8-14(12-15)17(22)18-6-3/h4-5,7-9,12,19H,1-2,6,10-11,13H2,3H3,(H,18,22). The number of hydrogen-bond acceptors (Lipinski definition) is 3. The summed E-state index contributed by atoms with van der Waals surface area (Å²) in [5.41, 5.74) is 1.29. The number of nitrogens with one attached hydrogen (secondary N) is 2. The molecular formula is C17H23N3O2. The Morgan fingerprint density at radius 1 is 1.23 bits per heavy atom. The predicted molar refractivity (Wildman–Crippen MR) is 89.9 cm³/mol. The van der Waals surface area contributed by atoms with Crippen LogP contribution in [0.1, 0.15) is 17.3 Å². The Morgan fingerprint density at radius 2 is 1.91 bits per heavy atom. The van der Waals surface area contributed by atoms with Crippen LogP contribution in [0, 0.1) is 0 Å². The summed E-state index contributed by atoms with van der Waals surface area (Å²) in [6, 6.07) is 7.06. The Bertz CT molecular complexity index is 530. The van der Waals surface area contributed by atoms with Gasteiger partial charge in [-0.15, -0.1) is 13.2 Å². The van der Waals surface area contributed by atoms with Gasteiger partial charge in [-0.3, -0.25) is 9.59 Å². The first kappa shape index (κ1) is 17.5. The van der Waals surface area contributed by atoms with E-state index >= 15 is 0 Å². The van der Waals surface area contributed by atoms with Crippen LogP contribution in [0.15, 0.2) is 49.6 Å². The molecule has 0 spiro atoms. The van der Waals surface area contributed by atoms with Crippen molar-refractivity contribution in [2.45, 2.75) is 6.92 Å². The van der Waals surface area contributed by atoms with Gasteiger partial charge in [0.1, 0.15) is 0 Å². The van der Waals surface area contributed by atoms with Crippen molar-refractivity contribution in [1.82, 2.24) is 10.2 Å². The molecule has 5 heteroatoms. The van der Waals surface area contributed by atoms with E-state index in [2.05, 4.69) is 23.8 Å². The third kappa shape index (κ3) is 5.44. The first-order valence-corrected chi connectivity index (χ1v) is 7.24. The molecule has 0 heterocycles. The van der Waals surface area contributed by atoms with E-state index in [9.17, 15) is 9.59 Å². The van der Waals surface area contributed by atoms with Crippen LogP contribution in [-0.2, 0) is 4.79 Å². The number of benzene rings is 1. The maximum absolute atomic E-state index is 12.1. The molecule has 118 valence electrons. The highest BCUT2D eigenvalue weighted by molar-refractivity contribution is 5.95. The largest absolute Gasteiger partial charge is 0.376 e. The zero-order valence-electron chi connectivity index (χ0n) is 13.0. The molecule has 1 aromatic rings. The van der Waals surface area contributed by atoms with Gasteiger partial charge in [0.05, 0.1) is 6.54 Å². The lowest BCUT2D eigenvalue weighted by Gasteiger charge is -2.19. The summed E-state index contributed by atoms with van der Waals surface area (Å²) in [5.74, 6) is -0.180. The molecule has 0 aromatic heterocycles. The molecule has 0 aliphatic rings. The summed E-state index contributed by atoms with van der Waals surface area (Å²) in [7, 11) is 0. The lowest BCUT2D eigenvalue weighted by atomic mass is 10.2. The Balaban J connectivity index is 2.65. The van der Waals surface area contributed by atoms with Crippen LogP contribution in [0.5, 0.6) is 0 Å². The van der Waals surface area contributed by atoms with Gasteiger partial charge in [0, 0.05) is 30.9 Å². The van der Waals surface area contributed by atoms with Gasteiger partial charge >= 0.3 is 0 Å². The quantitative estimate of drug-likeness (QED) is 0.686. The van der Waals surface area contributed by atoms with Crippen molar-refractivity contribution in [3.05, 3.63) is 55.1 Å². The van der Waals surface area contributed by atoms with E-state index in [1.807, 2.05) is 13.0 Å². The Morgan fingerprint density at radius 3 is 2.50 bits per heavy atom. The molecule has 0 saturated carbocycles. The van der Waals surface area contributed by atoms with Crippen molar-refractivity contribution >= 4 is 17.5 Å². The minimum atomic E-state index is -0.127. The van der Waals surface area contributed by atoms with E-state index in [-0.39, 0.29) is 18.4 Å². The number of nitrogens with zero attached hydrogens (tertiary/aromatic N) is 1. The molecule has 0 aliphatic carbocycles. The average Bonchev–Trinajstić information content (AvgIpc) is 2.53. The van der Waals surface area contributed by atoms with Crippen LogP contribution < -0.4 is 10.6 Å². The van der Waals surface area contributed by atoms with Gasteiger partial charge in [-0.25, -0.2) is 0 Å². The smallest absolute Gasteiger partial charge is 0.251 e. The molecule has 2 amide bonds. The molecule has 22 heavy (non-hydrogen) atoms. The van der Waals surface area contributed by atoms with E-state index in [0.29, 0.717) is 25.2 Å². The Kier molecular flexibility index (Phi) is 7.47. The highest BCUT2D eigenvalue weighted by Crippen LogP contribution is 2.10. The highest BCUT2D eigenvalue weighted by atomic mass is 16.2. The second-order valence-corrected chi connectivity index (χ2v) is 4.67. The van der Waals surface area contributed by atoms with Gasteiger partial charge in [-0.2, -0.15) is 0 Å². The van der Waals surface area contributed by atoms with Crippen molar-refractivity contribution in [3.8, 4) is 0 Å². The van der Waals surface area contributed by atoms with E-state index in [0.717, 1.165) is 5.69 Å². The summed E-state index contributed by atoms with van der Waals surface area (Å²) in [6.45, 7) is 10.8. The fraction of sp³-hybridized carbons (Fsp3) is 0.294. The second kappa shape index (κ2) is 9.39. The molecule has 0 unspecified atom stereocenters. The molecule has 0 atom stereocenters. The third-order valence-corrected chi connectivity index (χ3v) is 2.96. The number of amides is 2. The van der Waals surface area contributed by atoms with E-state index in [1.54, 1.807) is 35.3 Å². The second-order valence-electron chi connectivity index (χ2n) is 4.67. The monoisotopic (exact) mass is 301 g/mol. The van der Waals surface area contributed by atoms with Gasteiger partial charge in [0.2, 0.25) is 5.91 Å². The summed E-state index contributed by atoms with van der Waals surface area (Å²) >= 11 is 0. The van der Waals surface area contributed by atoms with Crippen LogP contribution in [-0.4, -0.2) is 42.9 Å². The number of carbonyl (C=O) groups is 2. The van der Waals surface area contributed by atoms with Crippen molar-refractivity contribution in [1.29, 1.82) is 0 Å². The van der Waals surface area contributed by atoms with Crippen LogP contribution in [0.4, 0.5) is 5.69 Å². The molecule has 0 aliphatic heterocycles. The predicted octanol–water partition coefficient (Wildman–Crippen LogP) is 2.05. The van der Waals surface area contributed by atoms with Crippen molar-refractivity contribution < 1.29 is 9.59 Å². The number of rotatable bonds is 9. The maximum Gasteiger partial charge on any atom is 0.251 e. The molecule has 2 N–H and O–H groups in total. The van der Waals surface area contributed by atoms with E-state index in [1.165, 1.54) is 0 Å². The first-order valence-electron chi connectivity index (χ1n) is 7.24. The van der Waals surface area contributed by atoms with E-state index in [4.69, 9.17) is 0 Å². The Labute approximate surface area is 131 Å². The van der Waals surface area contributed by atoms with Gasteiger partial charge in [-0.1, -0.05) is 18.2 Å². The van der Waals surface area contributed by atoms with Gasteiger partial charge in [0.15, 0.2) is 0 Å². The molecular weight excluding hydrogens is 278 g/mol. The highest BCUT2D eigenvalue weighted by Gasteiger charge is 2.10. The normalized spacial score (nSPS) is 9.68. The maximum atomic E-state index is 12.1. The lowest BCUT2D eigenvalue weighted by Crippen LogP contribution is -2.35. The number of anilines is 1. The lowest BCUT2D eigenvalue weighted by molar-refractivity contribution is -0.128. The molecule has 5 nitrogen and oxygen atoms in total. The van der Waals surface area contributed by atoms with Crippen molar-refractivity contribution in [3.63, 3.8) is 0 Å². The number of carbonyl (C=O) groups excluding carboxylic acids is 2. The van der Waals surface area contributed by atoms with Crippen molar-refractivity contribution in [2.75, 3.05) is 31.5 Å². The van der Waals surface area contributed by atoms with Crippen LogP contribution >= 0.6 is 0 Å². The molecule has 1 rings (SSSR count). The summed E-state index contributed by atoms with van der Waals surface area (Å²) in [4.78, 5) is 25.5. The SMILES string of the molecule is C=CCN(CC=C)C(=O)CNc1cccc(C(=O)NCC)c1. The van der Waals surface area contributed by atoms with Crippen LogP contribution in [0.2, 0.25) is 0 Å². The zero-order valence-corrected chi connectivity index (χ0v) is 13.0. The van der Waals surface area contributed by atoms with Crippen LogP contribution in [0.25, 0.3) is 0 Å². The van der Waals surface area contributed by atoms with Gasteiger partial charge in [0.25, 0.3) is 5.91 Å². The Hall–Kier alpha value is -2.56. The minimum Gasteiger partial charge on any atom is -0.376 e. The van der Waals surface area contributed by atoms with Crippen LogP contribution in [0.3, 0.4) is 0 Å². The molecule has 0 saturated heterocycles. The summed E-state index contributed by atoms with van der Waals surface area (Å²) < 4.78 is 0. The first-order chi connectivity index (χ1) is 10.6. The third-order valence-electron chi connectivity index (χ3n) is 2.96. The topological polar surface area (TPSA) is 61.4 Å². The summed E-state index contributed by atoms with van der Waals surface area (Å²) in [6.07, 6.45) is 3.36. The average molecular weight is 301 g/mol. The van der Waals surface area contributed by atoms with Crippen molar-refractivity contribution in [2.24, 2.45) is 0 Å². The number of hydrogen-bond donors (Lipinski definition) is 2. The molecule has 0 fully saturated rings. The molecule has 1 aromatic carbocycles. The fourth-order valence-electron chi connectivity index (χ4n) is 1.91. The molecule has 0 bridgehead atoms. The molecule has 0 radical (unpaired) electrons. The van der Waals surface area contributed by atoms with E-state index < -0.39 is 0 Å².